The smallest absolute Gasteiger partial charge is 0.338 e. The van der Waals surface area contributed by atoms with Gasteiger partial charge in [-0.15, -0.1) is 0 Å². The van der Waals surface area contributed by atoms with Crippen molar-refractivity contribution in [2.45, 2.75) is 0 Å². The van der Waals surface area contributed by atoms with Crippen molar-refractivity contribution in [2.24, 2.45) is 0 Å². The lowest BCUT2D eigenvalue weighted by Crippen LogP contribution is -2.09. The van der Waals surface area contributed by atoms with Gasteiger partial charge in [0.25, 0.3) is 0 Å². The van der Waals surface area contributed by atoms with Crippen LogP contribution in [0.1, 0.15) is 16.2 Å². The molecule has 1 aromatic heterocycles. The highest BCUT2D eigenvalue weighted by molar-refractivity contribution is 6.42. The normalized spacial score (nSPS) is 11.7. The van der Waals surface area contributed by atoms with E-state index >= 15 is 0 Å². The third kappa shape index (κ3) is 3.64. The maximum absolute atomic E-state index is 12.0. The highest BCUT2D eigenvalue weighted by atomic mass is 35.5. The summed E-state index contributed by atoms with van der Waals surface area (Å²) in [7, 11) is 0. The summed E-state index contributed by atoms with van der Waals surface area (Å²) in [6, 6.07) is 13.3. The lowest BCUT2D eigenvalue weighted by Gasteiger charge is -2.06. The molecular weight excluding hydrogens is 377 g/mol. The van der Waals surface area contributed by atoms with Gasteiger partial charge in [0, 0.05) is 0 Å². The van der Waals surface area contributed by atoms with Crippen LogP contribution in [0, 0.1) is 11.3 Å². The van der Waals surface area contributed by atoms with Gasteiger partial charge < -0.3 is 14.8 Å². The number of nitrogens with one attached hydrogen (secondary N) is 1. The number of carbonyl (C=O) groups is 1. The maximum atomic E-state index is 12.0. The van der Waals surface area contributed by atoms with E-state index in [2.05, 4.69) is 9.97 Å². The SMILES string of the molecule is N#CC(=C(O)COC(=O)c1ccc(Cl)c(Cl)c1)c1nc2ccccc2[nH]1. The van der Waals surface area contributed by atoms with Crippen molar-refractivity contribution in [3.8, 4) is 6.07 Å². The quantitative estimate of drug-likeness (QED) is 0.389. The Morgan fingerprint density at radius 1 is 1.23 bits per heavy atom. The molecule has 0 saturated carbocycles. The second-order valence-electron chi connectivity index (χ2n) is 5.24. The van der Waals surface area contributed by atoms with Crippen LogP contribution < -0.4 is 0 Å². The molecule has 0 saturated heterocycles. The van der Waals surface area contributed by atoms with Crippen LogP contribution in [-0.4, -0.2) is 27.7 Å². The fraction of sp³-hybridized carbons (Fsp3) is 0.0556. The Labute approximate surface area is 158 Å². The van der Waals surface area contributed by atoms with Crippen LogP contribution in [-0.2, 0) is 4.74 Å². The second-order valence-corrected chi connectivity index (χ2v) is 6.06. The zero-order valence-electron chi connectivity index (χ0n) is 13.2. The van der Waals surface area contributed by atoms with Crippen LogP contribution in [0.4, 0.5) is 0 Å². The molecule has 26 heavy (non-hydrogen) atoms. The van der Waals surface area contributed by atoms with E-state index in [1.165, 1.54) is 18.2 Å². The van der Waals surface area contributed by atoms with E-state index in [4.69, 9.17) is 27.9 Å². The second kappa shape index (κ2) is 7.48. The number of carbonyl (C=O) groups excluding carboxylic acids is 1. The highest BCUT2D eigenvalue weighted by Gasteiger charge is 2.16. The van der Waals surface area contributed by atoms with Crippen LogP contribution in [0.25, 0.3) is 16.6 Å². The Balaban J connectivity index is 1.79. The number of benzene rings is 2. The zero-order chi connectivity index (χ0) is 18.7. The molecule has 3 aromatic rings. The number of aliphatic hydroxyl groups excluding tert-OH is 1. The summed E-state index contributed by atoms with van der Waals surface area (Å²) in [5, 5.41) is 20.0. The number of imidazole rings is 1. The van der Waals surface area contributed by atoms with E-state index in [0.717, 1.165) is 5.52 Å². The third-order valence-corrected chi connectivity index (χ3v) is 4.26. The molecule has 0 bridgehead atoms. The van der Waals surface area contributed by atoms with Gasteiger partial charge in [-0.05, 0) is 30.3 Å². The molecule has 0 aliphatic rings. The molecule has 8 heteroatoms. The largest absolute Gasteiger partial charge is 0.507 e. The molecule has 2 aromatic carbocycles. The number of rotatable bonds is 4. The van der Waals surface area contributed by atoms with Gasteiger partial charge >= 0.3 is 5.97 Å². The summed E-state index contributed by atoms with van der Waals surface area (Å²) in [5.41, 5.74) is 1.43. The Morgan fingerprint density at radius 2 is 2.00 bits per heavy atom. The molecule has 1 heterocycles. The molecule has 0 aliphatic carbocycles. The van der Waals surface area contributed by atoms with Crippen molar-refractivity contribution < 1.29 is 14.6 Å². The summed E-state index contributed by atoms with van der Waals surface area (Å²) >= 11 is 11.7. The van der Waals surface area contributed by atoms with E-state index in [1.54, 1.807) is 12.1 Å². The molecule has 130 valence electrons. The number of aromatic amines is 1. The van der Waals surface area contributed by atoms with Crippen molar-refractivity contribution in [2.75, 3.05) is 6.61 Å². The topological polar surface area (TPSA) is 99.0 Å². The van der Waals surface area contributed by atoms with Gasteiger partial charge in [0.1, 0.15) is 18.2 Å². The van der Waals surface area contributed by atoms with Crippen molar-refractivity contribution in [3.05, 3.63) is 69.7 Å². The average Bonchev–Trinajstić information content (AvgIpc) is 3.06. The number of ether oxygens (including phenoxy) is 1. The first kappa shape index (κ1) is 17.8. The third-order valence-electron chi connectivity index (χ3n) is 3.52. The Bertz CT molecular complexity index is 1030. The number of hydrogen-bond donors (Lipinski definition) is 2. The minimum absolute atomic E-state index is 0.108. The first-order valence-electron chi connectivity index (χ1n) is 7.39. The standard InChI is InChI=1S/C18H11Cl2N3O3/c19-12-6-5-10(7-13(12)20)18(25)26-9-16(24)11(8-21)17-22-14-3-1-2-4-15(14)23-17/h1-7,24H,9H2,(H,22,23). The van der Waals surface area contributed by atoms with Crippen LogP contribution in [0.3, 0.4) is 0 Å². The zero-order valence-corrected chi connectivity index (χ0v) is 14.7. The molecule has 0 spiro atoms. The van der Waals surface area contributed by atoms with Gasteiger partial charge in [-0.3, -0.25) is 0 Å². The summed E-state index contributed by atoms with van der Waals surface area (Å²) in [5.74, 6) is -0.936. The lowest BCUT2D eigenvalue weighted by molar-refractivity contribution is 0.0503. The molecule has 0 aliphatic heterocycles. The lowest BCUT2D eigenvalue weighted by atomic mass is 10.2. The molecule has 0 atom stereocenters. The van der Waals surface area contributed by atoms with Crippen molar-refractivity contribution in [3.63, 3.8) is 0 Å². The van der Waals surface area contributed by atoms with E-state index < -0.39 is 18.3 Å². The number of nitriles is 1. The number of fused-ring (bicyclic) bond motifs is 1. The average molecular weight is 388 g/mol. The van der Waals surface area contributed by atoms with Crippen molar-refractivity contribution >= 4 is 45.8 Å². The highest BCUT2D eigenvalue weighted by Crippen LogP contribution is 2.23. The molecule has 0 unspecified atom stereocenters. The van der Waals surface area contributed by atoms with Gasteiger partial charge in [0.05, 0.1) is 26.6 Å². The van der Waals surface area contributed by atoms with E-state index in [9.17, 15) is 15.2 Å². The summed E-state index contributed by atoms with van der Waals surface area (Å²) in [6.07, 6.45) is 0. The Morgan fingerprint density at radius 3 is 2.69 bits per heavy atom. The summed E-state index contributed by atoms with van der Waals surface area (Å²) in [6.45, 7) is -0.487. The van der Waals surface area contributed by atoms with E-state index in [-0.39, 0.29) is 22.0 Å². The van der Waals surface area contributed by atoms with E-state index in [1.807, 2.05) is 18.2 Å². The fourth-order valence-electron chi connectivity index (χ4n) is 2.24. The predicted octanol–water partition coefficient (Wildman–Crippen LogP) is 4.52. The van der Waals surface area contributed by atoms with E-state index in [0.29, 0.717) is 10.5 Å². The monoisotopic (exact) mass is 387 g/mol. The maximum Gasteiger partial charge on any atom is 0.338 e. The van der Waals surface area contributed by atoms with Gasteiger partial charge in [-0.1, -0.05) is 35.3 Å². The number of aliphatic hydroxyl groups is 1. The minimum Gasteiger partial charge on any atom is -0.507 e. The van der Waals surface area contributed by atoms with Gasteiger partial charge in [-0.2, -0.15) is 5.26 Å². The number of para-hydroxylation sites is 2. The Hall–Kier alpha value is -3.01. The van der Waals surface area contributed by atoms with Crippen LogP contribution in [0.2, 0.25) is 10.0 Å². The van der Waals surface area contributed by atoms with Gasteiger partial charge in [-0.25, -0.2) is 9.78 Å². The number of nitrogens with zero attached hydrogens (tertiary/aromatic N) is 2. The number of hydrogen-bond acceptors (Lipinski definition) is 5. The van der Waals surface area contributed by atoms with Gasteiger partial charge in [0.15, 0.2) is 11.6 Å². The minimum atomic E-state index is -0.711. The molecule has 2 N–H and O–H groups in total. The molecule has 0 amide bonds. The van der Waals surface area contributed by atoms with Crippen molar-refractivity contribution in [1.82, 2.24) is 9.97 Å². The number of H-pyrrole nitrogens is 1. The molecule has 0 fully saturated rings. The Kier molecular flexibility index (Phi) is 5.12. The number of aromatic nitrogens is 2. The number of esters is 1. The summed E-state index contributed by atoms with van der Waals surface area (Å²) in [4.78, 5) is 19.2. The first-order valence-corrected chi connectivity index (χ1v) is 8.14. The van der Waals surface area contributed by atoms with Crippen molar-refractivity contribution in [1.29, 1.82) is 5.26 Å². The number of halogens is 2. The molecule has 0 radical (unpaired) electrons. The van der Waals surface area contributed by atoms with Crippen LogP contribution >= 0.6 is 23.2 Å². The van der Waals surface area contributed by atoms with Crippen LogP contribution in [0.15, 0.2) is 48.2 Å². The first-order chi connectivity index (χ1) is 12.5. The molecule has 6 nitrogen and oxygen atoms in total. The van der Waals surface area contributed by atoms with Crippen LogP contribution in [0.5, 0.6) is 0 Å². The molecule has 3 rings (SSSR count). The molecular formula is C18H11Cl2N3O3. The van der Waals surface area contributed by atoms with Gasteiger partial charge in [0.2, 0.25) is 0 Å². The number of allylic oxidation sites excluding steroid dienone is 1. The summed E-state index contributed by atoms with van der Waals surface area (Å²) < 4.78 is 5.02. The fourth-order valence-corrected chi connectivity index (χ4v) is 2.54. The predicted molar refractivity (Wildman–Crippen MR) is 98.0 cm³/mol.